The largest absolute Gasteiger partial charge is 0.491 e. The zero-order valence-corrected chi connectivity index (χ0v) is 8.35. The minimum Gasteiger partial charge on any atom is -0.491 e. The monoisotopic (exact) mass is 207 g/mol. The van der Waals surface area contributed by atoms with E-state index < -0.39 is 0 Å². The first-order chi connectivity index (χ1) is 7.33. The number of hydrogen-bond acceptors (Lipinski definition) is 3. The molecule has 0 bridgehead atoms. The third-order valence-electron chi connectivity index (χ3n) is 2.39. The van der Waals surface area contributed by atoms with Crippen LogP contribution in [0.5, 0.6) is 5.75 Å². The van der Waals surface area contributed by atoms with Crippen molar-refractivity contribution in [2.24, 2.45) is 0 Å². The first-order valence-electron chi connectivity index (χ1n) is 4.95. The molecule has 4 nitrogen and oxygen atoms in total. The van der Waals surface area contributed by atoms with Crippen molar-refractivity contribution in [3.8, 4) is 5.75 Å². The van der Waals surface area contributed by atoms with Gasteiger partial charge in [-0.1, -0.05) is 12.1 Å². The van der Waals surface area contributed by atoms with Gasteiger partial charge in [0.15, 0.2) is 0 Å². The van der Waals surface area contributed by atoms with Crippen molar-refractivity contribution < 1.29 is 14.6 Å². The van der Waals surface area contributed by atoms with E-state index in [0.717, 1.165) is 0 Å². The van der Waals surface area contributed by atoms with Crippen LogP contribution in [0.1, 0.15) is 10.4 Å². The summed E-state index contributed by atoms with van der Waals surface area (Å²) in [6, 6.07) is 7.18. The summed E-state index contributed by atoms with van der Waals surface area (Å²) < 4.78 is 5.45. The number of rotatable bonds is 2. The molecule has 1 N–H and O–H groups in total. The number of benzene rings is 1. The Hall–Kier alpha value is -1.55. The van der Waals surface area contributed by atoms with Gasteiger partial charge in [0.1, 0.15) is 12.4 Å². The molecule has 1 aromatic carbocycles. The van der Waals surface area contributed by atoms with Crippen molar-refractivity contribution in [1.29, 1.82) is 0 Å². The lowest BCUT2D eigenvalue weighted by atomic mass is 10.2. The lowest BCUT2D eigenvalue weighted by Crippen LogP contribution is -2.34. The number of aliphatic hydroxyl groups excluding tert-OH is 1. The van der Waals surface area contributed by atoms with Crippen molar-refractivity contribution in [1.82, 2.24) is 4.90 Å². The molecule has 0 saturated heterocycles. The third kappa shape index (κ3) is 1.94. The van der Waals surface area contributed by atoms with E-state index >= 15 is 0 Å². The average molecular weight is 207 g/mol. The molecule has 0 radical (unpaired) electrons. The van der Waals surface area contributed by atoms with Crippen LogP contribution >= 0.6 is 0 Å². The quantitative estimate of drug-likeness (QED) is 0.768. The number of aliphatic hydroxyl groups is 1. The lowest BCUT2D eigenvalue weighted by Gasteiger charge is -2.17. The third-order valence-corrected chi connectivity index (χ3v) is 2.39. The highest BCUT2D eigenvalue weighted by Gasteiger charge is 2.22. The molecule has 1 amide bonds. The molecular formula is C11H13NO3. The zero-order chi connectivity index (χ0) is 10.7. The summed E-state index contributed by atoms with van der Waals surface area (Å²) >= 11 is 0. The van der Waals surface area contributed by atoms with E-state index in [0.29, 0.717) is 31.0 Å². The Kier molecular flexibility index (Phi) is 2.87. The van der Waals surface area contributed by atoms with Gasteiger partial charge in [-0.05, 0) is 12.1 Å². The van der Waals surface area contributed by atoms with Crippen LogP contribution in [-0.2, 0) is 0 Å². The number of nitrogens with zero attached hydrogens (tertiary/aromatic N) is 1. The maximum atomic E-state index is 12.0. The highest BCUT2D eigenvalue weighted by atomic mass is 16.5. The summed E-state index contributed by atoms with van der Waals surface area (Å²) in [5.41, 5.74) is 0.573. The number of carbonyl (C=O) groups is 1. The molecule has 0 spiro atoms. The van der Waals surface area contributed by atoms with E-state index in [2.05, 4.69) is 0 Å². The maximum Gasteiger partial charge on any atom is 0.257 e. The van der Waals surface area contributed by atoms with Crippen molar-refractivity contribution in [2.45, 2.75) is 0 Å². The number of fused-ring (bicyclic) bond motifs is 1. The Morgan fingerprint density at radius 2 is 2.20 bits per heavy atom. The molecule has 0 unspecified atom stereocenters. The van der Waals surface area contributed by atoms with Gasteiger partial charge in [-0.25, -0.2) is 0 Å². The van der Waals surface area contributed by atoms with Crippen LogP contribution in [-0.4, -0.2) is 42.2 Å². The normalized spacial score (nSPS) is 15.5. The van der Waals surface area contributed by atoms with Gasteiger partial charge in [0, 0.05) is 6.54 Å². The summed E-state index contributed by atoms with van der Waals surface area (Å²) in [4.78, 5) is 13.6. The van der Waals surface area contributed by atoms with E-state index in [1.165, 1.54) is 0 Å². The molecule has 4 heteroatoms. The first-order valence-corrected chi connectivity index (χ1v) is 4.95. The van der Waals surface area contributed by atoms with Crippen molar-refractivity contribution >= 4 is 5.91 Å². The van der Waals surface area contributed by atoms with Gasteiger partial charge in [0.25, 0.3) is 5.91 Å². The van der Waals surface area contributed by atoms with E-state index in [9.17, 15) is 4.79 Å². The molecule has 0 atom stereocenters. The Bertz CT molecular complexity index is 365. The zero-order valence-electron chi connectivity index (χ0n) is 8.35. The molecule has 0 aliphatic carbocycles. The van der Waals surface area contributed by atoms with Gasteiger partial charge < -0.3 is 14.7 Å². The Balaban J connectivity index is 2.30. The SMILES string of the molecule is O=C1c2ccccc2OCCN1CCO. The van der Waals surface area contributed by atoms with Crippen LogP contribution in [0, 0.1) is 0 Å². The van der Waals surface area contributed by atoms with Gasteiger partial charge in [0.2, 0.25) is 0 Å². The van der Waals surface area contributed by atoms with E-state index in [-0.39, 0.29) is 12.5 Å². The minimum atomic E-state index is -0.0721. The molecule has 1 aliphatic rings. The molecule has 80 valence electrons. The number of para-hydroxylation sites is 1. The van der Waals surface area contributed by atoms with Gasteiger partial charge in [-0.2, -0.15) is 0 Å². The van der Waals surface area contributed by atoms with E-state index in [1.807, 2.05) is 12.1 Å². The summed E-state index contributed by atoms with van der Waals surface area (Å²) in [5, 5.41) is 8.84. The van der Waals surface area contributed by atoms with Gasteiger partial charge in [-0.15, -0.1) is 0 Å². The summed E-state index contributed by atoms with van der Waals surface area (Å²) in [6.07, 6.45) is 0. The first kappa shape index (κ1) is 9.98. The van der Waals surface area contributed by atoms with Crippen molar-refractivity contribution in [3.63, 3.8) is 0 Å². The standard InChI is InChI=1S/C11H13NO3/c13-7-5-12-6-8-15-10-4-2-1-3-9(10)11(12)14/h1-4,13H,5-8H2. The molecule has 2 rings (SSSR count). The summed E-state index contributed by atoms with van der Waals surface area (Å²) in [5.74, 6) is 0.556. The molecule has 15 heavy (non-hydrogen) atoms. The van der Waals surface area contributed by atoms with E-state index in [1.54, 1.807) is 17.0 Å². The minimum absolute atomic E-state index is 0.0199. The second kappa shape index (κ2) is 4.31. The maximum absolute atomic E-state index is 12.0. The fraction of sp³-hybridized carbons (Fsp3) is 0.364. The highest BCUT2D eigenvalue weighted by Crippen LogP contribution is 2.22. The van der Waals surface area contributed by atoms with Gasteiger partial charge in [0.05, 0.1) is 18.7 Å². The van der Waals surface area contributed by atoms with Crippen LogP contribution in [0.15, 0.2) is 24.3 Å². The van der Waals surface area contributed by atoms with Crippen LogP contribution in [0.4, 0.5) is 0 Å². The number of amides is 1. The molecule has 0 aromatic heterocycles. The predicted molar refractivity (Wildman–Crippen MR) is 54.9 cm³/mol. The van der Waals surface area contributed by atoms with Crippen molar-refractivity contribution in [3.05, 3.63) is 29.8 Å². The fourth-order valence-electron chi connectivity index (χ4n) is 1.64. The van der Waals surface area contributed by atoms with Gasteiger partial charge >= 0.3 is 0 Å². The number of ether oxygens (including phenoxy) is 1. The summed E-state index contributed by atoms with van der Waals surface area (Å²) in [6.45, 7) is 1.33. The smallest absolute Gasteiger partial charge is 0.257 e. The van der Waals surface area contributed by atoms with Crippen molar-refractivity contribution in [2.75, 3.05) is 26.3 Å². The molecular weight excluding hydrogens is 194 g/mol. The topological polar surface area (TPSA) is 49.8 Å². The van der Waals surface area contributed by atoms with Gasteiger partial charge in [-0.3, -0.25) is 4.79 Å². The second-order valence-electron chi connectivity index (χ2n) is 3.36. The molecule has 0 saturated carbocycles. The Morgan fingerprint density at radius 3 is 3.00 bits per heavy atom. The molecule has 1 aromatic rings. The van der Waals surface area contributed by atoms with Crippen LogP contribution < -0.4 is 4.74 Å². The number of carbonyl (C=O) groups excluding carboxylic acids is 1. The lowest BCUT2D eigenvalue weighted by molar-refractivity contribution is 0.0721. The van der Waals surface area contributed by atoms with E-state index in [4.69, 9.17) is 9.84 Å². The van der Waals surface area contributed by atoms with Crippen LogP contribution in [0.25, 0.3) is 0 Å². The second-order valence-corrected chi connectivity index (χ2v) is 3.36. The number of β-amino-alcohol motifs (C(OH)–C–C–N with tert-alkyl or cyclic N) is 1. The molecule has 1 aliphatic heterocycles. The molecule has 0 fully saturated rings. The van der Waals surface area contributed by atoms with Crippen LogP contribution in [0.2, 0.25) is 0 Å². The Morgan fingerprint density at radius 1 is 1.40 bits per heavy atom. The highest BCUT2D eigenvalue weighted by molar-refractivity contribution is 5.97. The molecule has 1 heterocycles. The van der Waals surface area contributed by atoms with Crippen LogP contribution in [0.3, 0.4) is 0 Å². The fourth-order valence-corrected chi connectivity index (χ4v) is 1.64. The number of hydrogen-bond donors (Lipinski definition) is 1. The Labute approximate surface area is 88.1 Å². The average Bonchev–Trinajstić information content (AvgIpc) is 2.41. The summed E-state index contributed by atoms with van der Waals surface area (Å²) in [7, 11) is 0. The predicted octanol–water partition coefficient (Wildman–Crippen LogP) is 0.514.